The van der Waals surface area contributed by atoms with Crippen molar-refractivity contribution in [2.75, 3.05) is 18.0 Å². The molecular weight excluding hydrogens is 184 g/mol. The van der Waals surface area contributed by atoms with Gasteiger partial charge in [0.1, 0.15) is 0 Å². The number of benzene rings is 1. The fourth-order valence-corrected chi connectivity index (χ4v) is 3.34. The Labute approximate surface area is 91.1 Å². The fraction of sp³-hybridized carbons (Fsp3) is 0.538. The molecule has 1 saturated carbocycles. The molecule has 2 atom stereocenters. The number of nitrogens with two attached hydrogens (primary N) is 1. The van der Waals surface area contributed by atoms with Gasteiger partial charge in [0, 0.05) is 30.7 Å². The minimum Gasteiger partial charge on any atom is -0.366 e. The van der Waals surface area contributed by atoms with Crippen LogP contribution in [0.3, 0.4) is 0 Å². The number of anilines is 1. The maximum Gasteiger partial charge on any atom is 0.0405 e. The van der Waals surface area contributed by atoms with Crippen LogP contribution in [0.25, 0.3) is 0 Å². The molecule has 1 aliphatic heterocycles. The average Bonchev–Trinajstić information content (AvgIpc) is 2.82. The van der Waals surface area contributed by atoms with Crippen LogP contribution < -0.4 is 10.6 Å². The molecule has 2 aliphatic rings. The van der Waals surface area contributed by atoms with Crippen LogP contribution in [0.2, 0.25) is 0 Å². The van der Waals surface area contributed by atoms with Gasteiger partial charge in [0.05, 0.1) is 0 Å². The zero-order valence-corrected chi connectivity index (χ0v) is 9.02. The van der Waals surface area contributed by atoms with Gasteiger partial charge in [0.15, 0.2) is 0 Å². The Balaban J connectivity index is 2.02. The topological polar surface area (TPSA) is 29.3 Å². The molecule has 0 radical (unpaired) electrons. The average molecular weight is 202 g/mol. The molecule has 0 aromatic heterocycles. The maximum atomic E-state index is 5.71. The molecule has 0 saturated heterocycles. The third-order valence-electron chi connectivity index (χ3n) is 3.90. The molecule has 3 rings (SSSR count). The summed E-state index contributed by atoms with van der Waals surface area (Å²) in [6.45, 7) is 1.77. The van der Waals surface area contributed by atoms with E-state index in [1.807, 2.05) is 0 Å². The summed E-state index contributed by atoms with van der Waals surface area (Å²) in [5.74, 6) is 0.785. The smallest absolute Gasteiger partial charge is 0.0405 e. The third-order valence-corrected chi connectivity index (χ3v) is 3.90. The van der Waals surface area contributed by atoms with Crippen molar-refractivity contribution in [2.24, 2.45) is 5.73 Å². The SMILES string of the molecule is NCCN1c2ccccc2[C@@H]2CCC[C@@H]21. The van der Waals surface area contributed by atoms with E-state index in [0.717, 1.165) is 25.0 Å². The molecule has 2 N–H and O–H groups in total. The van der Waals surface area contributed by atoms with Crippen molar-refractivity contribution in [1.82, 2.24) is 0 Å². The largest absolute Gasteiger partial charge is 0.366 e. The van der Waals surface area contributed by atoms with Crippen LogP contribution in [-0.2, 0) is 0 Å². The first-order chi connectivity index (χ1) is 7.42. The Morgan fingerprint density at radius 2 is 2.13 bits per heavy atom. The Bertz CT molecular complexity index is 361. The number of hydrogen-bond acceptors (Lipinski definition) is 2. The van der Waals surface area contributed by atoms with Gasteiger partial charge in [-0.05, 0) is 24.5 Å². The molecule has 1 fully saturated rings. The van der Waals surface area contributed by atoms with Gasteiger partial charge in [0.25, 0.3) is 0 Å². The molecule has 0 spiro atoms. The minimum absolute atomic E-state index is 0.742. The maximum absolute atomic E-state index is 5.71. The Morgan fingerprint density at radius 3 is 3.00 bits per heavy atom. The zero-order valence-electron chi connectivity index (χ0n) is 9.02. The van der Waals surface area contributed by atoms with E-state index in [1.165, 1.54) is 24.9 Å². The summed E-state index contributed by atoms with van der Waals surface area (Å²) in [4.78, 5) is 2.53. The second kappa shape index (κ2) is 3.53. The van der Waals surface area contributed by atoms with Crippen LogP contribution in [0.15, 0.2) is 24.3 Å². The van der Waals surface area contributed by atoms with Crippen LogP contribution in [0, 0.1) is 0 Å². The van der Waals surface area contributed by atoms with Gasteiger partial charge >= 0.3 is 0 Å². The summed E-state index contributed by atoms with van der Waals surface area (Å²) < 4.78 is 0. The first-order valence-corrected chi connectivity index (χ1v) is 5.97. The van der Waals surface area contributed by atoms with Crippen molar-refractivity contribution in [3.63, 3.8) is 0 Å². The number of rotatable bonds is 2. The van der Waals surface area contributed by atoms with E-state index in [2.05, 4.69) is 29.2 Å². The lowest BCUT2D eigenvalue weighted by atomic mass is 9.98. The summed E-state index contributed by atoms with van der Waals surface area (Å²) in [5, 5.41) is 0. The molecule has 2 nitrogen and oxygen atoms in total. The van der Waals surface area contributed by atoms with E-state index >= 15 is 0 Å². The van der Waals surface area contributed by atoms with E-state index in [4.69, 9.17) is 5.73 Å². The highest BCUT2D eigenvalue weighted by Gasteiger charge is 2.40. The van der Waals surface area contributed by atoms with Crippen LogP contribution in [0.5, 0.6) is 0 Å². The van der Waals surface area contributed by atoms with Gasteiger partial charge in [-0.25, -0.2) is 0 Å². The fourth-order valence-electron chi connectivity index (χ4n) is 3.34. The number of nitrogens with zero attached hydrogens (tertiary/aromatic N) is 1. The van der Waals surface area contributed by atoms with E-state index in [1.54, 1.807) is 5.56 Å². The van der Waals surface area contributed by atoms with Crippen molar-refractivity contribution in [2.45, 2.75) is 31.2 Å². The van der Waals surface area contributed by atoms with Gasteiger partial charge in [-0.2, -0.15) is 0 Å². The minimum atomic E-state index is 0.742. The van der Waals surface area contributed by atoms with E-state index < -0.39 is 0 Å². The van der Waals surface area contributed by atoms with Crippen molar-refractivity contribution in [3.05, 3.63) is 29.8 Å². The van der Waals surface area contributed by atoms with Crippen molar-refractivity contribution in [1.29, 1.82) is 0 Å². The van der Waals surface area contributed by atoms with Crippen molar-refractivity contribution >= 4 is 5.69 Å². The summed E-state index contributed by atoms with van der Waals surface area (Å²) in [5.41, 5.74) is 8.71. The lowest BCUT2D eigenvalue weighted by molar-refractivity contribution is 0.592. The monoisotopic (exact) mass is 202 g/mol. The second-order valence-electron chi connectivity index (χ2n) is 4.65. The first-order valence-electron chi connectivity index (χ1n) is 5.97. The highest BCUT2D eigenvalue weighted by molar-refractivity contribution is 5.62. The highest BCUT2D eigenvalue weighted by atomic mass is 15.2. The van der Waals surface area contributed by atoms with Gasteiger partial charge < -0.3 is 10.6 Å². The standard InChI is InChI=1S/C13H18N2/c14-8-9-15-12-6-2-1-4-10(12)11-5-3-7-13(11)15/h1-2,4,6,11,13H,3,5,7-9,14H2/t11-,13-/m0/s1. The molecule has 1 heterocycles. The van der Waals surface area contributed by atoms with Crippen molar-refractivity contribution in [3.8, 4) is 0 Å². The molecular formula is C13H18N2. The molecule has 0 amide bonds. The van der Waals surface area contributed by atoms with E-state index in [0.29, 0.717) is 0 Å². The van der Waals surface area contributed by atoms with Crippen molar-refractivity contribution < 1.29 is 0 Å². The highest BCUT2D eigenvalue weighted by Crippen LogP contribution is 2.48. The summed E-state index contributed by atoms with van der Waals surface area (Å²) in [6, 6.07) is 9.60. The lowest BCUT2D eigenvalue weighted by Gasteiger charge is -2.26. The third kappa shape index (κ3) is 1.28. The van der Waals surface area contributed by atoms with Crippen LogP contribution in [0.1, 0.15) is 30.7 Å². The van der Waals surface area contributed by atoms with E-state index in [9.17, 15) is 0 Å². The van der Waals surface area contributed by atoms with Gasteiger partial charge in [0.2, 0.25) is 0 Å². The quantitative estimate of drug-likeness (QED) is 0.795. The van der Waals surface area contributed by atoms with Gasteiger partial charge in [-0.15, -0.1) is 0 Å². The Morgan fingerprint density at radius 1 is 1.27 bits per heavy atom. The Hall–Kier alpha value is -1.02. The molecule has 2 heteroatoms. The molecule has 1 aliphatic carbocycles. The first kappa shape index (κ1) is 9.22. The molecule has 15 heavy (non-hydrogen) atoms. The number of fused-ring (bicyclic) bond motifs is 3. The predicted octanol–water partition coefficient (Wildman–Crippen LogP) is 2.10. The summed E-state index contributed by atoms with van der Waals surface area (Å²) in [6.07, 6.45) is 4.09. The zero-order chi connectivity index (χ0) is 10.3. The van der Waals surface area contributed by atoms with Gasteiger partial charge in [-0.3, -0.25) is 0 Å². The molecule has 80 valence electrons. The van der Waals surface area contributed by atoms with Gasteiger partial charge in [-0.1, -0.05) is 24.6 Å². The second-order valence-corrected chi connectivity index (χ2v) is 4.65. The predicted molar refractivity (Wildman–Crippen MR) is 63.2 cm³/mol. The number of hydrogen-bond donors (Lipinski definition) is 1. The molecule has 0 unspecified atom stereocenters. The molecule has 1 aromatic rings. The van der Waals surface area contributed by atoms with Crippen LogP contribution >= 0.6 is 0 Å². The van der Waals surface area contributed by atoms with E-state index in [-0.39, 0.29) is 0 Å². The molecule has 0 bridgehead atoms. The van der Waals surface area contributed by atoms with Crippen LogP contribution in [0.4, 0.5) is 5.69 Å². The Kier molecular flexibility index (Phi) is 2.17. The summed E-state index contributed by atoms with van der Waals surface area (Å²) in [7, 11) is 0. The lowest BCUT2D eigenvalue weighted by Crippen LogP contribution is -2.35. The molecule has 1 aromatic carbocycles. The number of para-hydroxylation sites is 1. The van der Waals surface area contributed by atoms with Crippen LogP contribution in [-0.4, -0.2) is 19.1 Å². The summed E-state index contributed by atoms with van der Waals surface area (Å²) >= 11 is 0. The normalized spacial score (nSPS) is 27.9.